The summed E-state index contributed by atoms with van der Waals surface area (Å²) in [5, 5.41) is 11.2. The molecule has 1 heterocycles. The molecule has 6 nitrogen and oxygen atoms in total. The van der Waals surface area contributed by atoms with Crippen LogP contribution in [0, 0.1) is 6.92 Å². The highest BCUT2D eigenvalue weighted by Gasteiger charge is 2.19. The number of nitrogens with one attached hydrogen (secondary N) is 1. The molecule has 0 aliphatic rings. The van der Waals surface area contributed by atoms with Crippen LogP contribution in [0.25, 0.3) is 0 Å². The van der Waals surface area contributed by atoms with Crippen molar-refractivity contribution in [2.24, 2.45) is 0 Å². The minimum atomic E-state index is -0.278. The molecule has 0 radical (unpaired) electrons. The van der Waals surface area contributed by atoms with Gasteiger partial charge < -0.3 is 11.2 Å². The number of rotatable bonds is 7. The highest BCUT2D eigenvalue weighted by molar-refractivity contribution is 8.00. The molecule has 1 amide bonds. The molecular weight excluding hydrogens is 310 g/mol. The van der Waals surface area contributed by atoms with E-state index in [1.165, 1.54) is 22.0 Å². The lowest BCUT2D eigenvalue weighted by Gasteiger charge is -2.17. The second kappa shape index (κ2) is 8.01. The molecule has 2 atom stereocenters. The fourth-order valence-electron chi connectivity index (χ4n) is 2.10. The van der Waals surface area contributed by atoms with Crippen molar-refractivity contribution in [1.82, 2.24) is 20.2 Å². The first kappa shape index (κ1) is 17.3. The summed E-state index contributed by atoms with van der Waals surface area (Å²) in [5.41, 5.74) is 1.28. The summed E-state index contributed by atoms with van der Waals surface area (Å²) in [4.78, 5) is 12.3. The number of carbonyl (C=O) groups excluding carboxylic acids is 1. The number of amides is 1. The summed E-state index contributed by atoms with van der Waals surface area (Å²) in [5.74, 6) is 6.41. The van der Waals surface area contributed by atoms with Crippen molar-refractivity contribution in [3.8, 4) is 0 Å². The molecule has 23 heavy (non-hydrogen) atoms. The second-order valence-corrected chi connectivity index (χ2v) is 6.90. The van der Waals surface area contributed by atoms with Crippen LogP contribution in [-0.2, 0) is 11.2 Å². The van der Waals surface area contributed by atoms with Gasteiger partial charge in [0.1, 0.15) is 5.82 Å². The van der Waals surface area contributed by atoms with E-state index in [9.17, 15) is 4.79 Å². The average Bonchev–Trinajstić information content (AvgIpc) is 2.86. The fraction of sp³-hybridized carbons (Fsp3) is 0.438. The van der Waals surface area contributed by atoms with Gasteiger partial charge in [-0.05, 0) is 39.2 Å². The molecule has 0 unspecified atom stereocenters. The summed E-state index contributed by atoms with van der Waals surface area (Å²) in [6.45, 7) is 5.63. The molecule has 124 valence electrons. The molecule has 0 aliphatic heterocycles. The Morgan fingerprint density at radius 3 is 2.61 bits per heavy atom. The molecule has 2 aromatic rings. The summed E-state index contributed by atoms with van der Waals surface area (Å²) >= 11 is 1.31. The molecule has 0 saturated heterocycles. The number of benzene rings is 1. The third-order valence-corrected chi connectivity index (χ3v) is 4.64. The molecule has 0 fully saturated rings. The number of nitrogens with two attached hydrogens (primary N) is 1. The van der Waals surface area contributed by atoms with Crippen LogP contribution in [0.15, 0.2) is 35.5 Å². The van der Waals surface area contributed by atoms with Gasteiger partial charge in [0.05, 0.1) is 5.25 Å². The van der Waals surface area contributed by atoms with Gasteiger partial charge in [0.2, 0.25) is 11.1 Å². The highest BCUT2D eigenvalue weighted by atomic mass is 32.2. The molecule has 0 bridgehead atoms. The quantitative estimate of drug-likeness (QED) is 0.597. The van der Waals surface area contributed by atoms with Crippen molar-refractivity contribution in [1.29, 1.82) is 0 Å². The number of carbonyl (C=O) groups is 1. The van der Waals surface area contributed by atoms with E-state index >= 15 is 0 Å². The SMILES string of the molecule is Cc1nnc(S[C@@H](C)C(=O)N[C@@H](C)CCc2ccccc2)n1N. The van der Waals surface area contributed by atoms with E-state index in [2.05, 4.69) is 27.6 Å². The van der Waals surface area contributed by atoms with Crippen molar-refractivity contribution in [2.45, 2.75) is 50.1 Å². The number of hydrogen-bond donors (Lipinski definition) is 2. The standard InChI is InChI=1S/C16H23N5OS/c1-11(9-10-14-7-5-4-6-8-14)18-15(22)12(2)23-16-20-19-13(3)21(16)17/h4-8,11-12H,9-10,17H2,1-3H3,(H,18,22)/t11-,12-/m0/s1. The monoisotopic (exact) mass is 333 g/mol. The van der Waals surface area contributed by atoms with Crippen molar-refractivity contribution in [3.05, 3.63) is 41.7 Å². The summed E-state index contributed by atoms with van der Waals surface area (Å²) < 4.78 is 1.40. The number of nitrogens with zero attached hydrogens (tertiary/aromatic N) is 3. The maximum atomic E-state index is 12.3. The lowest BCUT2D eigenvalue weighted by atomic mass is 10.1. The minimum absolute atomic E-state index is 0.0174. The van der Waals surface area contributed by atoms with E-state index < -0.39 is 0 Å². The predicted molar refractivity (Wildman–Crippen MR) is 92.6 cm³/mol. The Kier molecular flexibility index (Phi) is 6.04. The van der Waals surface area contributed by atoms with E-state index in [1.807, 2.05) is 32.0 Å². The second-order valence-electron chi connectivity index (χ2n) is 5.59. The van der Waals surface area contributed by atoms with Crippen molar-refractivity contribution >= 4 is 17.7 Å². The van der Waals surface area contributed by atoms with Gasteiger partial charge in [-0.2, -0.15) is 0 Å². The zero-order chi connectivity index (χ0) is 16.8. The van der Waals surface area contributed by atoms with Crippen molar-refractivity contribution < 1.29 is 4.79 Å². The number of thioether (sulfide) groups is 1. The van der Waals surface area contributed by atoms with Gasteiger partial charge in [0.15, 0.2) is 0 Å². The number of nitrogen functional groups attached to an aromatic ring is 1. The van der Waals surface area contributed by atoms with Gasteiger partial charge in [-0.15, -0.1) is 10.2 Å². The lowest BCUT2D eigenvalue weighted by molar-refractivity contribution is -0.120. The highest BCUT2D eigenvalue weighted by Crippen LogP contribution is 2.20. The van der Waals surface area contributed by atoms with Crippen LogP contribution in [0.4, 0.5) is 0 Å². The Morgan fingerprint density at radius 1 is 1.30 bits per heavy atom. The van der Waals surface area contributed by atoms with Gasteiger partial charge in [0, 0.05) is 6.04 Å². The van der Waals surface area contributed by atoms with Gasteiger partial charge in [-0.25, -0.2) is 4.68 Å². The average molecular weight is 333 g/mol. The number of hydrogen-bond acceptors (Lipinski definition) is 5. The normalized spacial score (nSPS) is 13.5. The minimum Gasteiger partial charge on any atom is -0.353 e. The van der Waals surface area contributed by atoms with E-state index in [1.54, 1.807) is 6.92 Å². The zero-order valence-electron chi connectivity index (χ0n) is 13.7. The maximum Gasteiger partial charge on any atom is 0.233 e. The van der Waals surface area contributed by atoms with Gasteiger partial charge >= 0.3 is 0 Å². The Balaban J connectivity index is 1.79. The van der Waals surface area contributed by atoms with Crippen LogP contribution in [0.1, 0.15) is 31.7 Å². The maximum absolute atomic E-state index is 12.3. The summed E-state index contributed by atoms with van der Waals surface area (Å²) in [6.07, 6.45) is 1.85. The molecule has 3 N–H and O–H groups in total. The van der Waals surface area contributed by atoms with Crippen LogP contribution >= 0.6 is 11.8 Å². The number of aromatic nitrogens is 3. The number of aryl methyl sites for hydroxylation is 2. The summed E-state index contributed by atoms with van der Waals surface area (Å²) in [7, 11) is 0. The zero-order valence-corrected chi connectivity index (χ0v) is 14.5. The molecule has 0 saturated carbocycles. The first-order valence-corrected chi connectivity index (χ1v) is 8.53. The van der Waals surface area contributed by atoms with Gasteiger partial charge in [-0.1, -0.05) is 42.1 Å². The first-order valence-electron chi connectivity index (χ1n) is 7.65. The van der Waals surface area contributed by atoms with Crippen LogP contribution in [0.3, 0.4) is 0 Å². The Bertz CT molecular complexity index is 643. The predicted octanol–water partition coefficient (Wildman–Crippen LogP) is 1.92. The van der Waals surface area contributed by atoms with E-state index in [0.29, 0.717) is 11.0 Å². The largest absolute Gasteiger partial charge is 0.353 e. The third kappa shape index (κ3) is 4.99. The lowest BCUT2D eigenvalue weighted by Crippen LogP contribution is -2.38. The fourth-order valence-corrected chi connectivity index (χ4v) is 2.93. The molecule has 0 aliphatic carbocycles. The Morgan fingerprint density at radius 2 is 2.00 bits per heavy atom. The summed E-state index contributed by atoms with van der Waals surface area (Å²) in [6, 6.07) is 10.4. The van der Waals surface area contributed by atoms with Crippen LogP contribution in [0.2, 0.25) is 0 Å². The Labute approximate surface area is 140 Å². The molecule has 1 aromatic carbocycles. The van der Waals surface area contributed by atoms with E-state index in [4.69, 9.17) is 5.84 Å². The molecule has 7 heteroatoms. The topological polar surface area (TPSA) is 85.8 Å². The smallest absolute Gasteiger partial charge is 0.233 e. The molecule has 1 aromatic heterocycles. The van der Waals surface area contributed by atoms with Crippen LogP contribution < -0.4 is 11.2 Å². The van der Waals surface area contributed by atoms with Gasteiger partial charge in [0.25, 0.3) is 0 Å². The van der Waals surface area contributed by atoms with Crippen LogP contribution in [-0.4, -0.2) is 32.1 Å². The third-order valence-electron chi connectivity index (χ3n) is 3.58. The Hall–Kier alpha value is -2.02. The van der Waals surface area contributed by atoms with E-state index in [-0.39, 0.29) is 17.2 Å². The first-order chi connectivity index (χ1) is 11.0. The van der Waals surface area contributed by atoms with E-state index in [0.717, 1.165) is 12.8 Å². The molecule has 2 rings (SSSR count). The van der Waals surface area contributed by atoms with Crippen molar-refractivity contribution in [2.75, 3.05) is 5.84 Å². The van der Waals surface area contributed by atoms with Crippen LogP contribution in [0.5, 0.6) is 0 Å². The van der Waals surface area contributed by atoms with Crippen molar-refractivity contribution in [3.63, 3.8) is 0 Å². The molecule has 0 spiro atoms. The molecular formula is C16H23N5OS. The van der Waals surface area contributed by atoms with Gasteiger partial charge in [-0.3, -0.25) is 4.79 Å².